The summed E-state index contributed by atoms with van der Waals surface area (Å²) in [6, 6.07) is 8.06. The molecule has 0 atom stereocenters. The van der Waals surface area contributed by atoms with Crippen LogP contribution in [-0.4, -0.2) is 21.1 Å². The minimum absolute atomic E-state index is 0.117. The standard InChI is InChI=1S/C21H21FN4O2/c22-17-10-14(7-8-20(17)28-15-4-3-9-23-13-15)12-24-21(27)11-19-16-5-1-2-6-18(16)25-26-19/h3-4,7-10,13H,1-2,5-6,11-12H2,(H,24,27)(H,25,26). The van der Waals surface area contributed by atoms with Gasteiger partial charge in [0.1, 0.15) is 5.75 Å². The number of H-pyrrole nitrogens is 1. The molecule has 0 unspecified atom stereocenters. The molecule has 0 fully saturated rings. The van der Waals surface area contributed by atoms with E-state index in [0.717, 1.165) is 37.1 Å². The Morgan fingerprint density at radius 3 is 2.96 bits per heavy atom. The highest BCUT2D eigenvalue weighted by atomic mass is 19.1. The Morgan fingerprint density at radius 2 is 2.14 bits per heavy atom. The van der Waals surface area contributed by atoms with Crippen LogP contribution >= 0.6 is 0 Å². The minimum atomic E-state index is -0.489. The second-order valence-electron chi connectivity index (χ2n) is 6.84. The summed E-state index contributed by atoms with van der Waals surface area (Å²) in [5.74, 6) is -0.0380. The van der Waals surface area contributed by atoms with Crippen molar-refractivity contribution in [2.24, 2.45) is 0 Å². The largest absolute Gasteiger partial charge is 0.453 e. The van der Waals surface area contributed by atoms with Crippen molar-refractivity contribution in [1.29, 1.82) is 0 Å². The van der Waals surface area contributed by atoms with Crippen LogP contribution in [0.2, 0.25) is 0 Å². The van der Waals surface area contributed by atoms with Crippen molar-refractivity contribution in [3.8, 4) is 11.5 Å². The molecule has 1 aromatic carbocycles. The molecule has 28 heavy (non-hydrogen) atoms. The van der Waals surface area contributed by atoms with Gasteiger partial charge in [-0.05, 0) is 61.1 Å². The number of aromatic amines is 1. The Bertz CT molecular complexity index is 972. The van der Waals surface area contributed by atoms with Gasteiger partial charge in [-0.15, -0.1) is 0 Å². The molecule has 2 heterocycles. The molecular weight excluding hydrogens is 359 g/mol. The molecular formula is C21H21FN4O2. The van der Waals surface area contributed by atoms with E-state index in [2.05, 4.69) is 20.5 Å². The first-order chi connectivity index (χ1) is 13.7. The summed E-state index contributed by atoms with van der Waals surface area (Å²) in [5.41, 5.74) is 3.82. The maximum absolute atomic E-state index is 14.3. The molecule has 0 spiro atoms. The molecule has 1 amide bonds. The number of fused-ring (bicyclic) bond motifs is 1. The molecule has 1 aliphatic carbocycles. The number of pyridine rings is 1. The fraction of sp³-hybridized carbons (Fsp3) is 0.286. The summed E-state index contributed by atoms with van der Waals surface area (Å²) in [6.45, 7) is 0.246. The Kier molecular flexibility index (Phi) is 5.32. The van der Waals surface area contributed by atoms with Gasteiger partial charge in [-0.3, -0.25) is 14.9 Å². The number of amides is 1. The lowest BCUT2D eigenvalue weighted by Crippen LogP contribution is -2.25. The molecule has 0 radical (unpaired) electrons. The summed E-state index contributed by atoms with van der Waals surface area (Å²) in [7, 11) is 0. The van der Waals surface area contributed by atoms with Crippen molar-refractivity contribution in [2.75, 3.05) is 0 Å². The third kappa shape index (κ3) is 4.19. The highest BCUT2D eigenvalue weighted by Gasteiger charge is 2.18. The van der Waals surface area contributed by atoms with Gasteiger partial charge < -0.3 is 10.1 Å². The average molecular weight is 380 g/mol. The van der Waals surface area contributed by atoms with Crippen LogP contribution in [0.25, 0.3) is 0 Å². The Balaban J connectivity index is 1.34. The van der Waals surface area contributed by atoms with E-state index in [9.17, 15) is 9.18 Å². The van der Waals surface area contributed by atoms with E-state index in [0.29, 0.717) is 11.3 Å². The molecule has 0 saturated carbocycles. The summed E-state index contributed by atoms with van der Waals surface area (Å²) in [5, 5.41) is 10.2. The van der Waals surface area contributed by atoms with Crippen LogP contribution in [0, 0.1) is 5.82 Å². The first-order valence-electron chi connectivity index (χ1n) is 9.37. The number of halogens is 1. The number of carbonyl (C=O) groups is 1. The number of rotatable bonds is 6. The van der Waals surface area contributed by atoms with Crippen LogP contribution in [0.1, 0.15) is 35.4 Å². The van der Waals surface area contributed by atoms with E-state index in [1.807, 2.05) is 0 Å². The number of ether oxygens (including phenoxy) is 1. The van der Waals surface area contributed by atoms with E-state index >= 15 is 0 Å². The second-order valence-corrected chi connectivity index (χ2v) is 6.84. The van der Waals surface area contributed by atoms with Crippen LogP contribution in [0.5, 0.6) is 11.5 Å². The molecule has 144 valence electrons. The Labute approximate surface area is 162 Å². The average Bonchev–Trinajstić information content (AvgIpc) is 3.12. The van der Waals surface area contributed by atoms with Gasteiger partial charge in [-0.25, -0.2) is 4.39 Å². The number of aromatic nitrogens is 3. The first kappa shape index (κ1) is 18.2. The predicted molar refractivity (Wildman–Crippen MR) is 101 cm³/mol. The maximum Gasteiger partial charge on any atom is 0.226 e. The van der Waals surface area contributed by atoms with Gasteiger partial charge in [-0.1, -0.05) is 6.07 Å². The monoisotopic (exact) mass is 380 g/mol. The quantitative estimate of drug-likeness (QED) is 0.686. The third-order valence-corrected chi connectivity index (χ3v) is 4.82. The van der Waals surface area contributed by atoms with E-state index in [1.54, 1.807) is 30.5 Å². The topological polar surface area (TPSA) is 79.9 Å². The van der Waals surface area contributed by atoms with E-state index in [-0.39, 0.29) is 24.6 Å². The zero-order valence-electron chi connectivity index (χ0n) is 15.4. The van der Waals surface area contributed by atoms with Crippen LogP contribution in [0.15, 0.2) is 42.7 Å². The lowest BCUT2D eigenvalue weighted by atomic mass is 9.95. The van der Waals surface area contributed by atoms with Crippen molar-refractivity contribution in [1.82, 2.24) is 20.5 Å². The number of benzene rings is 1. The number of hydrogen-bond acceptors (Lipinski definition) is 4. The van der Waals surface area contributed by atoms with Gasteiger partial charge in [0.15, 0.2) is 11.6 Å². The van der Waals surface area contributed by atoms with Gasteiger partial charge >= 0.3 is 0 Å². The molecule has 0 bridgehead atoms. The van der Waals surface area contributed by atoms with Gasteiger partial charge in [0.05, 0.1) is 18.3 Å². The van der Waals surface area contributed by atoms with Crippen molar-refractivity contribution in [3.05, 3.63) is 71.1 Å². The predicted octanol–water partition coefficient (Wildman–Crippen LogP) is 3.47. The zero-order valence-corrected chi connectivity index (χ0v) is 15.4. The zero-order chi connectivity index (χ0) is 19.3. The Hall–Kier alpha value is -3.22. The molecule has 4 rings (SSSR count). The van der Waals surface area contributed by atoms with Gasteiger partial charge in [0, 0.05) is 18.4 Å². The fourth-order valence-corrected chi connectivity index (χ4v) is 3.38. The molecule has 7 heteroatoms. The van der Waals surface area contributed by atoms with Crippen LogP contribution in [0.4, 0.5) is 4.39 Å². The van der Waals surface area contributed by atoms with Crippen molar-refractivity contribution >= 4 is 5.91 Å². The van der Waals surface area contributed by atoms with E-state index in [1.165, 1.54) is 17.8 Å². The summed E-state index contributed by atoms with van der Waals surface area (Å²) in [4.78, 5) is 16.2. The van der Waals surface area contributed by atoms with Crippen molar-refractivity contribution in [2.45, 2.75) is 38.6 Å². The summed E-state index contributed by atoms with van der Waals surface area (Å²) >= 11 is 0. The molecule has 0 aliphatic heterocycles. The minimum Gasteiger partial charge on any atom is -0.453 e. The van der Waals surface area contributed by atoms with E-state index in [4.69, 9.17) is 4.74 Å². The van der Waals surface area contributed by atoms with Crippen molar-refractivity contribution in [3.63, 3.8) is 0 Å². The number of nitrogens with one attached hydrogen (secondary N) is 2. The number of aryl methyl sites for hydroxylation is 1. The lowest BCUT2D eigenvalue weighted by molar-refractivity contribution is -0.120. The van der Waals surface area contributed by atoms with Gasteiger partial charge in [0.25, 0.3) is 0 Å². The van der Waals surface area contributed by atoms with Crippen LogP contribution < -0.4 is 10.1 Å². The number of nitrogens with zero attached hydrogens (tertiary/aromatic N) is 2. The molecule has 2 N–H and O–H groups in total. The van der Waals surface area contributed by atoms with Crippen LogP contribution in [0.3, 0.4) is 0 Å². The maximum atomic E-state index is 14.3. The molecule has 3 aromatic rings. The summed E-state index contributed by atoms with van der Waals surface area (Å²) in [6.07, 6.45) is 7.63. The number of hydrogen-bond donors (Lipinski definition) is 2. The molecule has 2 aromatic heterocycles. The Morgan fingerprint density at radius 1 is 1.25 bits per heavy atom. The summed E-state index contributed by atoms with van der Waals surface area (Å²) < 4.78 is 19.8. The smallest absolute Gasteiger partial charge is 0.226 e. The van der Waals surface area contributed by atoms with Crippen molar-refractivity contribution < 1.29 is 13.9 Å². The van der Waals surface area contributed by atoms with Gasteiger partial charge in [-0.2, -0.15) is 5.10 Å². The molecule has 0 saturated heterocycles. The lowest BCUT2D eigenvalue weighted by Gasteiger charge is -2.11. The van der Waals surface area contributed by atoms with Crippen LogP contribution in [-0.2, 0) is 30.6 Å². The first-order valence-corrected chi connectivity index (χ1v) is 9.37. The molecule has 1 aliphatic rings. The normalized spacial score (nSPS) is 13.0. The highest BCUT2D eigenvalue weighted by molar-refractivity contribution is 5.78. The highest BCUT2D eigenvalue weighted by Crippen LogP contribution is 2.25. The third-order valence-electron chi connectivity index (χ3n) is 4.82. The van der Waals surface area contributed by atoms with E-state index < -0.39 is 5.82 Å². The van der Waals surface area contributed by atoms with Gasteiger partial charge in [0.2, 0.25) is 5.91 Å². The fourth-order valence-electron chi connectivity index (χ4n) is 3.38. The molecule has 6 nitrogen and oxygen atoms in total. The SMILES string of the molecule is O=C(Cc1n[nH]c2c1CCCC2)NCc1ccc(Oc2cccnc2)c(F)c1. The number of carbonyl (C=O) groups excluding carboxylic acids is 1. The second kappa shape index (κ2) is 8.21.